The molecule has 3 rings (SSSR count). The average Bonchev–Trinajstić information content (AvgIpc) is 2.47. The highest BCUT2D eigenvalue weighted by Crippen LogP contribution is 2.31. The van der Waals surface area contributed by atoms with E-state index in [2.05, 4.69) is 9.88 Å². The molecular formula is C15H18N4O. The molecule has 0 bridgehead atoms. The quantitative estimate of drug-likeness (QED) is 0.570. The number of hydrogen-bond donors (Lipinski definition) is 3. The Morgan fingerprint density at radius 1 is 1.30 bits per heavy atom. The first-order valence-electron chi connectivity index (χ1n) is 6.82. The van der Waals surface area contributed by atoms with Gasteiger partial charge in [-0.2, -0.15) is 0 Å². The molecule has 2 aromatic rings. The summed E-state index contributed by atoms with van der Waals surface area (Å²) in [6.45, 7) is 1.55. The third-order valence-corrected chi connectivity index (χ3v) is 3.82. The van der Waals surface area contributed by atoms with Crippen LogP contribution in [0.1, 0.15) is 18.4 Å². The number of nitrogens with two attached hydrogens (primary N) is 1. The lowest BCUT2D eigenvalue weighted by Crippen LogP contribution is -2.37. The molecule has 0 amide bonds. The smallest absolute Gasteiger partial charge is 0.126 e. The van der Waals surface area contributed by atoms with E-state index in [0.29, 0.717) is 5.56 Å². The molecule has 1 aliphatic heterocycles. The van der Waals surface area contributed by atoms with Crippen LogP contribution in [0.3, 0.4) is 0 Å². The summed E-state index contributed by atoms with van der Waals surface area (Å²) in [5.74, 6) is 0.0318. The van der Waals surface area contributed by atoms with Crippen LogP contribution in [0.15, 0.2) is 30.5 Å². The van der Waals surface area contributed by atoms with Gasteiger partial charge in [-0.3, -0.25) is 10.4 Å². The molecule has 0 unspecified atom stereocenters. The van der Waals surface area contributed by atoms with E-state index in [1.807, 2.05) is 24.3 Å². The Morgan fingerprint density at radius 3 is 2.70 bits per heavy atom. The number of rotatable bonds is 2. The van der Waals surface area contributed by atoms with Crippen molar-refractivity contribution in [3.8, 4) is 0 Å². The fraction of sp³-hybridized carbons (Fsp3) is 0.333. The predicted octanol–water partition coefficient (Wildman–Crippen LogP) is 1.48. The summed E-state index contributed by atoms with van der Waals surface area (Å²) in [6.07, 6.45) is 2.94. The maximum Gasteiger partial charge on any atom is 0.126 e. The molecule has 5 heteroatoms. The lowest BCUT2D eigenvalue weighted by Gasteiger charge is -2.33. The number of piperidine rings is 1. The number of hydrogen-bond acceptors (Lipinski definition) is 4. The normalized spacial score (nSPS) is 16.6. The summed E-state index contributed by atoms with van der Waals surface area (Å²) in [4.78, 5) is 6.58. The molecule has 0 atom stereocenters. The van der Waals surface area contributed by atoms with Crippen molar-refractivity contribution in [1.82, 2.24) is 4.98 Å². The molecule has 1 aliphatic rings. The summed E-state index contributed by atoms with van der Waals surface area (Å²) in [7, 11) is 0. The summed E-state index contributed by atoms with van der Waals surface area (Å²) < 4.78 is 0. The van der Waals surface area contributed by atoms with E-state index in [-0.39, 0.29) is 11.9 Å². The number of aliphatic hydroxyl groups is 1. The number of para-hydroxylation sites is 1. The third-order valence-electron chi connectivity index (χ3n) is 3.82. The Bertz CT molecular complexity index is 647. The zero-order valence-electron chi connectivity index (χ0n) is 11.2. The summed E-state index contributed by atoms with van der Waals surface area (Å²) in [5, 5.41) is 18.4. The molecule has 0 radical (unpaired) electrons. The fourth-order valence-electron chi connectivity index (χ4n) is 2.75. The third kappa shape index (κ3) is 2.20. The van der Waals surface area contributed by atoms with Gasteiger partial charge in [0.05, 0.1) is 22.9 Å². The molecule has 1 saturated heterocycles. The van der Waals surface area contributed by atoms with Crippen LogP contribution < -0.4 is 10.6 Å². The molecule has 0 spiro atoms. The van der Waals surface area contributed by atoms with E-state index in [0.717, 1.165) is 42.5 Å². The summed E-state index contributed by atoms with van der Waals surface area (Å²) in [5.41, 5.74) is 8.24. The van der Waals surface area contributed by atoms with Crippen LogP contribution in [-0.2, 0) is 0 Å². The van der Waals surface area contributed by atoms with Gasteiger partial charge < -0.3 is 15.7 Å². The lowest BCUT2D eigenvalue weighted by molar-refractivity contribution is 0.145. The van der Waals surface area contributed by atoms with Crippen molar-refractivity contribution < 1.29 is 5.11 Å². The highest BCUT2D eigenvalue weighted by Gasteiger charge is 2.22. The maximum absolute atomic E-state index is 9.66. The zero-order valence-corrected chi connectivity index (χ0v) is 11.2. The van der Waals surface area contributed by atoms with Gasteiger partial charge in [0.25, 0.3) is 0 Å². The molecule has 5 nitrogen and oxygen atoms in total. The number of nitrogens with zero attached hydrogens (tertiary/aromatic N) is 2. The first-order chi connectivity index (χ1) is 9.66. The Balaban J connectivity index is 2.15. The Morgan fingerprint density at radius 2 is 2.00 bits per heavy atom. The SMILES string of the molecule is N=C(N)c1cnc2ccccc2c1N1CCC(O)CC1. The standard InChI is InChI=1S/C15H18N4O/c16-15(17)12-9-18-13-4-2-1-3-11(13)14(12)19-7-5-10(20)6-8-19/h1-4,9-10,20H,5-8H2,(H3,16,17). The molecule has 4 N–H and O–H groups in total. The topological polar surface area (TPSA) is 86.2 Å². The Labute approximate surface area is 117 Å². The molecular weight excluding hydrogens is 252 g/mol. The molecule has 0 saturated carbocycles. The predicted molar refractivity (Wildman–Crippen MR) is 80.2 cm³/mol. The number of pyridine rings is 1. The minimum Gasteiger partial charge on any atom is -0.393 e. The van der Waals surface area contributed by atoms with E-state index in [1.165, 1.54) is 0 Å². The number of anilines is 1. The molecule has 104 valence electrons. The van der Waals surface area contributed by atoms with Crippen molar-refractivity contribution in [2.45, 2.75) is 18.9 Å². The van der Waals surface area contributed by atoms with Gasteiger partial charge in [-0.25, -0.2) is 0 Å². The van der Waals surface area contributed by atoms with E-state index in [9.17, 15) is 5.11 Å². The first kappa shape index (κ1) is 12.9. The molecule has 0 aliphatic carbocycles. The van der Waals surface area contributed by atoms with Crippen molar-refractivity contribution in [1.29, 1.82) is 5.41 Å². The van der Waals surface area contributed by atoms with Crippen LogP contribution in [0.5, 0.6) is 0 Å². The van der Waals surface area contributed by atoms with Crippen LogP contribution in [0.4, 0.5) is 5.69 Å². The minimum absolute atomic E-state index is 0.0318. The van der Waals surface area contributed by atoms with Crippen molar-refractivity contribution in [3.05, 3.63) is 36.0 Å². The van der Waals surface area contributed by atoms with E-state index in [4.69, 9.17) is 11.1 Å². The van der Waals surface area contributed by atoms with Crippen LogP contribution in [-0.4, -0.2) is 35.1 Å². The van der Waals surface area contributed by atoms with Crippen molar-refractivity contribution in [3.63, 3.8) is 0 Å². The van der Waals surface area contributed by atoms with Gasteiger partial charge in [0.15, 0.2) is 0 Å². The Hall–Kier alpha value is -2.14. The molecule has 20 heavy (non-hydrogen) atoms. The van der Waals surface area contributed by atoms with Crippen LogP contribution in [0.25, 0.3) is 10.9 Å². The van der Waals surface area contributed by atoms with Crippen LogP contribution in [0, 0.1) is 5.41 Å². The van der Waals surface area contributed by atoms with E-state index in [1.54, 1.807) is 6.20 Å². The number of benzene rings is 1. The van der Waals surface area contributed by atoms with Crippen LogP contribution >= 0.6 is 0 Å². The highest BCUT2D eigenvalue weighted by molar-refractivity contribution is 6.07. The maximum atomic E-state index is 9.66. The largest absolute Gasteiger partial charge is 0.393 e. The number of nitrogens with one attached hydrogen (secondary N) is 1. The second-order valence-electron chi connectivity index (χ2n) is 5.17. The molecule has 1 aromatic carbocycles. The lowest BCUT2D eigenvalue weighted by atomic mass is 10.0. The number of nitrogen functional groups attached to an aromatic ring is 1. The van der Waals surface area contributed by atoms with Crippen molar-refractivity contribution >= 4 is 22.4 Å². The Kier molecular flexibility index (Phi) is 3.28. The van der Waals surface area contributed by atoms with Gasteiger partial charge in [0, 0.05) is 24.7 Å². The van der Waals surface area contributed by atoms with E-state index < -0.39 is 0 Å². The van der Waals surface area contributed by atoms with Gasteiger partial charge in [0.1, 0.15) is 5.84 Å². The van der Waals surface area contributed by atoms with Gasteiger partial charge in [-0.05, 0) is 18.9 Å². The highest BCUT2D eigenvalue weighted by atomic mass is 16.3. The van der Waals surface area contributed by atoms with Gasteiger partial charge >= 0.3 is 0 Å². The van der Waals surface area contributed by atoms with Gasteiger partial charge in [-0.1, -0.05) is 18.2 Å². The van der Waals surface area contributed by atoms with Gasteiger partial charge in [0.2, 0.25) is 0 Å². The fourth-order valence-corrected chi connectivity index (χ4v) is 2.75. The van der Waals surface area contributed by atoms with Crippen molar-refractivity contribution in [2.75, 3.05) is 18.0 Å². The number of amidine groups is 1. The summed E-state index contributed by atoms with van der Waals surface area (Å²) >= 11 is 0. The second-order valence-corrected chi connectivity index (χ2v) is 5.17. The number of aromatic nitrogens is 1. The monoisotopic (exact) mass is 270 g/mol. The minimum atomic E-state index is -0.222. The zero-order chi connectivity index (χ0) is 14.1. The second kappa shape index (κ2) is 5.09. The molecule has 1 aromatic heterocycles. The van der Waals surface area contributed by atoms with Crippen LogP contribution in [0.2, 0.25) is 0 Å². The average molecular weight is 270 g/mol. The molecule has 1 fully saturated rings. The van der Waals surface area contributed by atoms with Crippen molar-refractivity contribution in [2.24, 2.45) is 5.73 Å². The van der Waals surface area contributed by atoms with Gasteiger partial charge in [-0.15, -0.1) is 0 Å². The number of fused-ring (bicyclic) bond motifs is 1. The first-order valence-corrected chi connectivity index (χ1v) is 6.82. The molecule has 2 heterocycles. The van der Waals surface area contributed by atoms with E-state index >= 15 is 0 Å². The summed E-state index contributed by atoms with van der Waals surface area (Å²) in [6, 6.07) is 7.89. The number of aliphatic hydroxyl groups excluding tert-OH is 1.